The zero-order valence-electron chi connectivity index (χ0n) is 7.78. The Morgan fingerprint density at radius 1 is 1.50 bits per heavy atom. The Balaban J connectivity index is 2.15. The first-order valence-corrected chi connectivity index (χ1v) is 6.29. The summed E-state index contributed by atoms with van der Waals surface area (Å²) in [7, 11) is 0. The number of aromatic nitrogens is 2. The van der Waals surface area contributed by atoms with E-state index in [0.29, 0.717) is 21.0 Å². The Kier molecular flexibility index (Phi) is 3.52. The summed E-state index contributed by atoms with van der Waals surface area (Å²) in [5, 5.41) is 4.69. The van der Waals surface area contributed by atoms with Crippen LogP contribution in [0.5, 0.6) is 0 Å². The molecule has 0 atom stereocenters. The number of nitrogens with one attached hydrogen (secondary N) is 1. The summed E-state index contributed by atoms with van der Waals surface area (Å²) in [4.78, 5) is 19.4. The van der Waals surface area contributed by atoms with E-state index in [-0.39, 0.29) is 5.91 Å². The predicted octanol–water partition coefficient (Wildman–Crippen LogP) is 3.21. The lowest BCUT2D eigenvalue weighted by Crippen LogP contribution is -2.12. The van der Waals surface area contributed by atoms with E-state index in [9.17, 15) is 4.79 Å². The summed E-state index contributed by atoms with van der Waals surface area (Å²) < 4.78 is 0.630. The average Bonchev–Trinajstić information content (AvgIpc) is 2.77. The molecule has 2 heterocycles. The maximum absolute atomic E-state index is 11.6. The SMILES string of the molecule is O=C(Nc1cnc(Cl)c(Br)c1)c1cscn1. The minimum atomic E-state index is -0.266. The van der Waals surface area contributed by atoms with Crippen molar-refractivity contribution < 1.29 is 4.79 Å². The lowest BCUT2D eigenvalue weighted by molar-refractivity contribution is 0.102. The predicted molar refractivity (Wildman–Crippen MR) is 67.0 cm³/mol. The fourth-order valence-corrected chi connectivity index (χ4v) is 1.99. The van der Waals surface area contributed by atoms with Gasteiger partial charge in [0.15, 0.2) is 0 Å². The van der Waals surface area contributed by atoms with E-state index in [1.807, 2.05) is 0 Å². The summed E-state index contributed by atoms with van der Waals surface area (Å²) in [5.41, 5.74) is 2.55. The Morgan fingerprint density at radius 2 is 2.31 bits per heavy atom. The molecule has 0 fully saturated rings. The second-order valence-corrected chi connectivity index (χ2v) is 4.76. The van der Waals surface area contributed by atoms with Gasteiger partial charge in [0.05, 0.1) is 21.9 Å². The molecule has 2 rings (SSSR count). The van der Waals surface area contributed by atoms with E-state index in [2.05, 4.69) is 31.2 Å². The van der Waals surface area contributed by atoms with E-state index < -0.39 is 0 Å². The largest absolute Gasteiger partial charge is 0.319 e. The van der Waals surface area contributed by atoms with Gasteiger partial charge in [-0.05, 0) is 22.0 Å². The number of nitrogens with zero attached hydrogens (tertiary/aromatic N) is 2. The van der Waals surface area contributed by atoms with Gasteiger partial charge >= 0.3 is 0 Å². The van der Waals surface area contributed by atoms with Crippen molar-refractivity contribution in [3.63, 3.8) is 0 Å². The smallest absolute Gasteiger partial charge is 0.275 e. The molecule has 2 aromatic rings. The van der Waals surface area contributed by atoms with Gasteiger partial charge in [-0.1, -0.05) is 11.6 Å². The van der Waals surface area contributed by atoms with Crippen LogP contribution in [-0.2, 0) is 0 Å². The van der Waals surface area contributed by atoms with Crippen molar-refractivity contribution in [3.8, 4) is 0 Å². The van der Waals surface area contributed by atoms with Crippen molar-refractivity contribution in [3.05, 3.63) is 38.5 Å². The molecule has 0 radical (unpaired) electrons. The van der Waals surface area contributed by atoms with E-state index in [4.69, 9.17) is 11.6 Å². The maximum atomic E-state index is 11.6. The molecule has 0 bridgehead atoms. The number of halogens is 2. The van der Waals surface area contributed by atoms with Crippen LogP contribution >= 0.6 is 38.9 Å². The van der Waals surface area contributed by atoms with Crippen molar-refractivity contribution in [1.82, 2.24) is 9.97 Å². The van der Waals surface area contributed by atoms with Crippen LogP contribution in [0.4, 0.5) is 5.69 Å². The quantitative estimate of drug-likeness (QED) is 0.865. The fraction of sp³-hybridized carbons (Fsp3) is 0. The molecule has 4 nitrogen and oxygen atoms in total. The zero-order valence-corrected chi connectivity index (χ0v) is 10.9. The second-order valence-electron chi connectivity index (χ2n) is 2.82. The van der Waals surface area contributed by atoms with E-state index in [0.717, 1.165) is 0 Å². The lowest BCUT2D eigenvalue weighted by atomic mass is 10.4. The number of rotatable bonds is 2. The molecule has 0 aliphatic rings. The molecule has 0 unspecified atom stereocenters. The van der Waals surface area contributed by atoms with Crippen LogP contribution < -0.4 is 5.32 Å². The van der Waals surface area contributed by atoms with Crippen molar-refractivity contribution in [1.29, 1.82) is 0 Å². The summed E-state index contributed by atoms with van der Waals surface area (Å²) in [6.45, 7) is 0. The number of carbonyl (C=O) groups is 1. The Morgan fingerprint density at radius 3 is 2.94 bits per heavy atom. The number of hydrogen-bond acceptors (Lipinski definition) is 4. The molecular weight excluding hydrogens is 314 g/mol. The van der Waals surface area contributed by atoms with Gasteiger partial charge in [-0.2, -0.15) is 0 Å². The Labute approximate surface area is 109 Å². The molecule has 16 heavy (non-hydrogen) atoms. The highest BCUT2D eigenvalue weighted by atomic mass is 79.9. The number of anilines is 1. The number of pyridine rings is 1. The van der Waals surface area contributed by atoms with Crippen LogP contribution in [0, 0.1) is 0 Å². The Bertz CT molecular complexity index is 517. The molecule has 0 aliphatic heterocycles. The summed E-state index contributed by atoms with van der Waals surface area (Å²) >= 11 is 10.3. The van der Waals surface area contributed by atoms with Crippen molar-refractivity contribution in [2.45, 2.75) is 0 Å². The topological polar surface area (TPSA) is 54.9 Å². The van der Waals surface area contributed by atoms with E-state index in [1.54, 1.807) is 17.0 Å². The van der Waals surface area contributed by atoms with Gasteiger partial charge in [-0.15, -0.1) is 11.3 Å². The van der Waals surface area contributed by atoms with Gasteiger partial charge in [0, 0.05) is 5.38 Å². The summed E-state index contributed by atoms with van der Waals surface area (Å²) in [5.74, 6) is -0.266. The van der Waals surface area contributed by atoms with Crippen molar-refractivity contribution >= 4 is 50.5 Å². The van der Waals surface area contributed by atoms with E-state index in [1.165, 1.54) is 17.5 Å². The third kappa shape index (κ3) is 2.58. The molecule has 0 aromatic carbocycles. The molecule has 2 aromatic heterocycles. The molecule has 0 spiro atoms. The van der Waals surface area contributed by atoms with Crippen LogP contribution in [0.3, 0.4) is 0 Å². The first kappa shape index (κ1) is 11.5. The fourth-order valence-electron chi connectivity index (χ4n) is 1.01. The normalized spacial score (nSPS) is 10.1. The number of hydrogen-bond donors (Lipinski definition) is 1. The van der Waals surface area contributed by atoms with Gasteiger partial charge in [-0.3, -0.25) is 4.79 Å². The number of thiazole rings is 1. The molecular formula is C9H5BrClN3OS. The van der Waals surface area contributed by atoms with Crippen LogP contribution in [-0.4, -0.2) is 15.9 Å². The van der Waals surface area contributed by atoms with Gasteiger partial charge < -0.3 is 5.32 Å². The molecule has 7 heteroatoms. The second kappa shape index (κ2) is 4.90. The summed E-state index contributed by atoms with van der Waals surface area (Å²) in [6, 6.07) is 1.68. The first-order chi connectivity index (χ1) is 7.66. The minimum absolute atomic E-state index is 0.266. The van der Waals surface area contributed by atoms with E-state index >= 15 is 0 Å². The van der Waals surface area contributed by atoms with Crippen LogP contribution in [0.25, 0.3) is 0 Å². The van der Waals surface area contributed by atoms with Crippen LogP contribution in [0.15, 0.2) is 27.6 Å². The third-order valence-electron chi connectivity index (χ3n) is 1.72. The molecule has 1 amide bonds. The average molecular weight is 319 g/mol. The highest BCUT2D eigenvalue weighted by Gasteiger charge is 2.09. The van der Waals surface area contributed by atoms with Crippen molar-refractivity contribution in [2.75, 3.05) is 5.32 Å². The van der Waals surface area contributed by atoms with Crippen LogP contribution in [0.2, 0.25) is 5.15 Å². The molecule has 0 saturated carbocycles. The number of carbonyl (C=O) groups excluding carboxylic acids is 1. The van der Waals surface area contributed by atoms with Gasteiger partial charge in [-0.25, -0.2) is 9.97 Å². The zero-order chi connectivity index (χ0) is 11.5. The van der Waals surface area contributed by atoms with Crippen molar-refractivity contribution in [2.24, 2.45) is 0 Å². The highest BCUT2D eigenvalue weighted by molar-refractivity contribution is 9.10. The molecule has 0 saturated heterocycles. The monoisotopic (exact) mass is 317 g/mol. The first-order valence-electron chi connectivity index (χ1n) is 4.17. The third-order valence-corrected chi connectivity index (χ3v) is 3.44. The van der Waals surface area contributed by atoms with Crippen LogP contribution in [0.1, 0.15) is 10.5 Å². The summed E-state index contributed by atoms with van der Waals surface area (Å²) in [6.07, 6.45) is 1.48. The van der Waals surface area contributed by atoms with Gasteiger partial charge in [0.2, 0.25) is 0 Å². The van der Waals surface area contributed by atoms with Gasteiger partial charge in [0.1, 0.15) is 10.8 Å². The lowest BCUT2D eigenvalue weighted by Gasteiger charge is -2.03. The molecule has 82 valence electrons. The standard InChI is InChI=1S/C9H5BrClN3OS/c10-6-1-5(2-12-8(6)11)14-9(15)7-3-16-4-13-7/h1-4H,(H,14,15). The highest BCUT2D eigenvalue weighted by Crippen LogP contribution is 2.23. The Hall–Kier alpha value is -0.980. The number of amides is 1. The minimum Gasteiger partial charge on any atom is -0.319 e. The molecule has 1 N–H and O–H groups in total. The van der Waals surface area contributed by atoms with Gasteiger partial charge in [0.25, 0.3) is 5.91 Å². The maximum Gasteiger partial charge on any atom is 0.275 e. The molecule has 0 aliphatic carbocycles.